The molecule has 3 heterocycles. The van der Waals surface area contributed by atoms with E-state index in [1.807, 2.05) is 32.0 Å². The van der Waals surface area contributed by atoms with E-state index >= 15 is 0 Å². The van der Waals surface area contributed by atoms with Crippen molar-refractivity contribution in [1.82, 2.24) is 15.1 Å². The molecule has 0 saturated carbocycles. The molecule has 1 fully saturated rings. The van der Waals surface area contributed by atoms with Crippen molar-refractivity contribution >= 4 is 16.9 Å². The smallest absolute Gasteiger partial charge is 0.287 e. The largest absolute Gasteiger partial charge is 0.465 e. The second-order valence-corrected chi connectivity index (χ2v) is 7.99. The molecule has 0 aliphatic carbocycles. The Kier molecular flexibility index (Phi) is 5.74. The topological polar surface area (TPSA) is 78.9 Å². The Labute approximate surface area is 175 Å². The van der Waals surface area contributed by atoms with Gasteiger partial charge in [-0.1, -0.05) is 11.6 Å². The summed E-state index contributed by atoms with van der Waals surface area (Å²) < 4.78 is 11.6. The van der Waals surface area contributed by atoms with Crippen LogP contribution < -0.4 is 10.7 Å². The summed E-state index contributed by atoms with van der Waals surface area (Å²) in [5.74, 6) is 1.28. The van der Waals surface area contributed by atoms with Crippen molar-refractivity contribution in [2.24, 2.45) is 0 Å². The van der Waals surface area contributed by atoms with Crippen molar-refractivity contribution < 1.29 is 13.6 Å². The highest BCUT2D eigenvalue weighted by atomic mass is 16.3. The fraction of sp³-hybridized carbons (Fsp3) is 0.391. The van der Waals surface area contributed by atoms with Gasteiger partial charge in [0.2, 0.25) is 0 Å². The van der Waals surface area contributed by atoms with E-state index in [-0.39, 0.29) is 17.2 Å². The summed E-state index contributed by atoms with van der Waals surface area (Å²) >= 11 is 0. The fourth-order valence-corrected chi connectivity index (χ4v) is 3.83. The van der Waals surface area contributed by atoms with Crippen molar-refractivity contribution in [3.05, 3.63) is 69.5 Å². The molecule has 1 aromatic carbocycles. The van der Waals surface area contributed by atoms with Gasteiger partial charge in [0.25, 0.3) is 5.91 Å². The van der Waals surface area contributed by atoms with Crippen LogP contribution in [0.3, 0.4) is 0 Å². The number of hydrogen-bond acceptors (Lipinski definition) is 6. The van der Waals surface area contributed by atoms with Crippen LogP contribution in [-0.4, -0.2) is 55.5 Å². The molecule has 0 radical (unpaired) electrons. The van der Waals surface area contributed by atoms with Gasteiger partial charge in [-0.15, -0.1) is 0 Å². The summed E-state index contributed by atoms with van der Waals surface area (Å²) in [5, 5.41) is 3.41. The third kappa shape index (κ3) is 4.32. The Morgan fingerprint density at radius 1 is 1.07 bits per heavy atom. The van der Waals surface area contributed by atoms with Crippen LogP contribution in [-0.2, 0) is 0 Å². The summed E-state index contributed by atoms with van der Waals surface area (Å²) in [7, 11) is 2.11. The van der Waals surface area contributed by atoms with Crippen molar-refractivity contribution in [1.29, 1.82) is 0 Å². The van der Waals surface area contributed by atoms with Crippen LogP contribution in [0.2, 0.25) is 0 Å². The highest BCUT2D eigenvalue weighted by Gasteiger charge is 2.27. The molecule has 4 rings (SSSR count). The lowest BCUT2D eigenvalue weighted by Crippen LogP contribution is -2.48. The van der Waals surface area contributed by atoms with Gasteiger partial charge in [0.15, 0.2) is 11.2 Å². The maximum absolute atomic E-state index is 12.8. The van der Waals surface area contributed by atoms with Gasteiger partial charge >= 0.3 is 0 Å². The highest BCUT2D eigenvalue weighted by molar-refractivity contribution is 5.93. The van der Waals surface area contributed by atoms with Gasteiger partial charge in [0, 0.05) is 38.8 Å². The Morgan fingerprint density at radius 3 is 2.53 bits per heavy atom. The lowest BCUT2D eigenvalue weighted by Gasteiger charge is -2.37. The molecule has 1 aliphatic heterocycles. The molecule has 1 aliphatic rings. The monoisotopic (exact) mass is 409 g/mol. The van der Waals surface area contributed by atoms with Gasteiger partial charge < -0.3 is 19.1 Å². The van der Waals surface area contributed by atoms with E-state index in [2.05, 4.69) is 22.2 Å². The van der Waals surface area contributed by atoms with Gasteiger partial charge in [-0.25, -0.2) is 0 Å². The summed E-state index contributed by atoms with van der Waals surface area (Å²) in [6, 6.07) is 10.4. The maximum atomic E-state index is 12.8. The first-order chi connectivity index (χ1) is 14.4. The second kappa shape index (κ2) is 8.45. The molecule has 7 heteroatoms. The number of fused-ring (bicyclic) bond motifs is 1. The normalized spacial score (nSPS) is 16.6. The molecule has 1 saturated heterocycles. The number of furan rings is 1. The first-order valence-corrected chi connectivity index (χ1v) is 10.2. The first kappa shape index (κ1) is 20.4. The molecule has 2 aromatic heterocycles. The third-order valence-electron chi connectivity index (χ3n) is 5.63. The van der Waals surface area contributed by atoms with Gasteiger partial charge in [-0.3, -0.25) is 14.5 Å². The van der Waals surface area contributed by atoms with Gasteiger partial charge in [-0.05, 0) is 45.2 Å². The van der Waals surface area contributed by atoms with E-state index in [0.29, 0.717) is 17.5 Å². The minimum Gasteiger partial charge on any atom is -0.465 e. The summed E-state index contributed by atoms with van der Waals surface area (Å²) in [6.07, 6.45) is 0. The average molecular weight is 409 g/mol. The number of amides is 1. The molecule has 3 aromatic rings. The van der Waals surface area contributed by atoms with Crippen molar-refractivity contribution in [2.45, 2.75) is 19.9 Å². The van der Waals surface area contributed by atoms with E-state index in [0.717, 1.165) is 43.3 Å². The molecule has 1 N–H and O–H groups in total. The van der Waals surface area contributed by atoms with E-state index in [1.54, 1.807) is 12.1 Å². The van der Waals surface area contributed by atoms with Gasteiger partial charge in [0.1, 0.15) is 17.1 Å². The van der Waals surface area contributed by atoms with Crippen molar-refractivity contribution in [2.75, 3.05) is 39.8 Å². The molecule has 7 nitrogen and oxygen atoms in total. The molecule has 158 valence electrons. The first-order valence-electron chi connectivity index (χ1n) is 10.2. The van der Waals surface area contributed by atoms with Crippen LogP contribution in [0.5, 0.6) is 0 Å². The van der Waals surface area contributed by atoms with Crippen LogP contribution in [0.1, 0.15) is 33.7 Å². The molecule has 30 heavy (non-hydrogen) atoms. The highest BCUT2D eigenvalue weighted by Crippen LogP contribution is 2.24. The molecule has 1 unspecified atom stereocenters. The number of nitrogens with one attached hydrogen (secondary N) is 1. The van der Waals surface area contributed by atoms with Crippen molar-refractivity contribution in [3.8, 4) is 0 Å². The number of carbonyl (C=O) groups is 1. The fourth-order valence-electron chi connectivity index (χ4n) is 3.83. The number of carbonyl (C=O) groups excluding carboxylic acids is 1. The SMILES string of the molecule is Cc1ccc2oc(C(=O)NCC(c3ccc(C)o3)N3CCN(C)CC3)cc(=O)c2c1. The molecular weight excluding hydrogens is 382 g/mol. The van der Waals surface area contributed by atoms with Gasteiger partial charge in [-0.2, -0.15) is 0 Å². The zero-order chi connectivity index (χ0) is 21.3. The van der Waals surface area contributed by atoms with E-state index in [4.69, 9.17) is 8.83 Å². The lowest BCUT2D eigenvalue weighted by atomic mass is 10.1. The minimum atomic E-state index is -0.406. The zero-order valence-corrected chi connectivity index (χ0v) is 17.6. The predicted octanol–water partition coefficient (Wildman–Crippen LogP) is 2.72. The van der Waals surface area contributed by atoms with Gasteiger partial charge in [0.05, 0.1) is 11.4 Å². The van der Waals surface area contributed by atoms with Crippen LogP contribution in [0.25, 0.3) is 11.0 Å². The number of piperazine rings is 1. The number of benzene rings is 1. The van der Waals surface area contributed by atoms with E-state index in [1.165, 1.54) is 6.07 Å². The van der Waals surface area contributed by atoms with Crippen LogP contribution in [0.4, 0.5) is 0 Å². The van der Waals surface area contributed by atoms with E-state index in [9.17, 15) is 9.59 Å². The number of hydrogen-bond donors (Lipinski definition) is 1. The summed E-state index contributed by atoms with van der Waals surface area (Å²) in [4.78, 5) is 29.8. The number of aryl methyl sites for hydroxylation is 2. The average Bonchev–Trinajstić information content (AvgIpc) is 3.15. The van der Waals surface area contributed by atoms with Crippen LogP contribution >= 0.6 is 0 Å². The number of nitrogens with zero attached hydrogens (tertiary/aromatic N) is 2. The van der Waals surface area contributed by atoms with Crippen molar-refractivity contribution in [3.63, 3.8) is 0 Å². The zero-order valence-electron chi connectivity index (χ0n) is 17.6. The Hall–Kier alpha value is -2.90. The number of rotatable bonds is 5. The Morgan fingerprint density at radius 2 is 1.83 bits per heavy atom. The third-order valence-corrected chi connectivity index (χ3v) is 5.63. The predicted molar refractivity (Wildman–Crippen MR) is 115 cm³/mol. The molecular formula is C23H27N3O4. The molecule has 1 amide bonds. The second-order valence-electron chi connectivity index (χ2n) is 7.99. The Balaban J connectivity index is 1.53. The molecule has 1 atom stereocenters. The quantitative estimate of drug-likeness (QED) is 0.698. The molecule has 0 bridgehead atoms. The van der Waals surface area contributed by atoms with E-state index < -0.39 is 5.91 Å². The number of likely N-dealkylation sites (N-methyl/N-ethyl adjacent to an activating group) is 1. The summed E-state index contributed by atoms with van der Waals surface area (Å²) in [6.45, 7) is 7.89. The minimum absolute atomic E-state index is 0.0177. The molecule has 0 spiro atoms. The van der Waals surface area contributed by atoms with Crippen LogP contribution in [0.15, 0.2) is 50.0 Å². The summed E-state index contributed by atoms with van der Waals surface area (Å²) in [5.41, 5.74) is 1.16. The lowest BCUT2D eigenvalue weighted by molar-refractivity contribution is 0.0830. The standard InChI is InChI=1S/C23H27N3O4/c1-15-4-6-20-17(12-15)19(27)13-22(30-20)23(28)24-14-18(21-7-5-16(2)29-21)26-10-8-25(3)9-11-26/h4-7,12-13,18H,8-11,14H2,1-3H3,(H,24,28). The van der Waals surface area contributed by atoms with Crippen LogP contribution in [0, 0.1) is 13.8 Å². The Bertz CT molecular complexity index is 1110. The maximum Gasteiger partial charge on any atom is 0.287 e.